The molecule has 0 unspecified atom stereocenters. The topological polar surface area (TPSA) is 82.2 Å². The van der Waals surface area contributed by atoms with Crippen molar-refractivity contribution in [2.45, 2.75) is 24.9 Å². The summed E-state index contributed by atoms with van der Waals surface area (Å²) in [4.78, 5) is 14.6. The Morgan fingerprint density at radius 1 is 1.44 bits per heavy atom. The van der Waals surface area contributed by atoms with Gasteiger partial charge in [0.2, 0.25) is 5.91 Å². The number of nitriles is 1. The highest BCUT2D eigenvalue weighted by atomic mass is 35.5. The van der Waals surface area contributed by atoms with E-state index in [1.54, 1.807) is 11.3 Å². The van der Waals surface area contributed by atoms with E-state index in [0.717, 1.165) is 17.0 Å². The van der Waals surface area contributed by atoms with Crippen LogP contribution in [0.3, 0.4) is 0 Å². The van der Waals surface area contributed by atoms with Crippen molar-refractivity contribution in [1.29, 1.82) is 5.26 Å². The minimum atomic E-state index is -1.04. The highest BCUT2D eigenvalue weighted by Gasteiger charge is 2.29. The van der Waals surface area contributed by atoms with Crippen molar-refractivity contribution in [3.8, 4) is 6.07 Å². The van der Waals surface area contributed by atoms with E-state index in [1.807, 2.05) is 28.5 Å². The molecule has 0 saturated carbocycles. The molecule has 1 aromatic carbocycles. The quantitative estimate of drug-likeness (QED) is 0.764. The van der Waals surface area contributed by atoms with Crippen LogP contribution in [0.2, 0.25) is 0 Å². The van der Waals surface area contributed by atoms with Gasteiger partial charge in [-0.25, -0.2) is 8.78 Å². The maximum Gasteiger partial charge on any atom is 0.234 e. The molecule has 3 rings (SSSR count). The molecule has 2 aromatic rings. The second-order valence-electron chi connectivity index (χ2n) is 6.23. The molecular formula is C18H19ClF2N4OS. The fourth-order valence-corrected chi connectivity index (χ4v) is 3.91. The predicted octanol–water partition coefficient (Wildman–Crippen LogP) is 2.58. The number of nitrogens with one attached hydrogen (secondary N) is 1. The summed E-state index contributed by atoms with van der Waals surface area (Å²) in [7, 11) is 0. The molecule has 3 N–H and O–H groups in total. The van der Waals surface area contributed by atoms with Crippen molar-refractivity contribution in [3.05, 3.63) is 51.7 Å². The molecule has 1 aliphatic rings. The Morgan fingerprint density at radius 3 is 2.81 bits per heavy atom. The van der Waals surface area contributed by atoms with E-state index >= 15 is 0 Å². The Bertz CT molecular complexity index is 841. The van der Waals surface area contributed by atoms with Crippen molar-refractivity contribution < 1.29 is 13.6 Å². The number of halogens is 3. The van der Waals surface area contributed by atoms with Crippen LogP contribution in [0.25, 0.3) is 0 Å². The number of nitrogens with two attached hydrogens (primary N) is 1. The van der Waals surface area contributed by atoms with E-state index in [-0.39, 0.29) is 24.0 Å². The molecule has 9 heteroatoms. The molecule has 27 heavy (non-hydrogen) atoms. The fourth-order valence-electron chi connectivity index (χ4n) is 3.16. The normalized spacial score (nSPS) is 17.2. The smallest absolute Gasteiger partial charge is 0.234 e. The van der Waals surface area contributed by atoms with Crippen LogP contribution in [0, 0.1) is 23.0 Å². The SMILES string of the molecule is Cl.N#Cc1cc(F)c(F)cc1N1CC[C@H](N[C@@H](Cc2cccs2)C(N)=O)C1. The van der Waals surface area contributed by atoms with Gasteiger partial charge in [0.1, 0.15) is 6.07 Å². The monoisotopic (exact) mass is 412 g/mol. The Kier molecular flexibility index (Phi) is 7.13. The van der Waals surface area contributed by atoms with E-state index in [9.17, 15) is 18.8 Å². The third-order valence-electron chi connectivity index (χ3n) is 4.45. The number of rotatable bonds is 6. The maximum absolute atomic E-state index is 13.6. The molecule has 0 bridgehead atoms. The number of primary amides is 1. The zero-order valence-corrected chi connectivity index (χ0v) is 16.0. The summed E-state index contributed by atoms with van der Waals surface area (Å²) >= 11 is 1.56. The summed E-state index contributed by atoms with van der Waals surface area (Å²) in [6.45, 7) is 1.05. The molecule has 2 heterocycles. The molecule has 1 fully saturated rings. The minimum absolute atomic E-state index is 0. The Balaban J connectivity index is 0.00000261. The average molecular weight is 413 g/mol. The highest BCUT2D eigenvalue weighted by Crippen LogP contribution is 2.27. The van der Waals surface area contributed by atoms with Gasteiger partial charge in [-0.3, -0.25) is 4.79 Å². The van der Waals surface area contributed by atoms with E-state index < -0.39 is 23.6 Å². The van der Waals surface area contributed by atoms with Crippen LogP contribution in [0.5, 0.6) is 0 Å². The van der Waals surface area contributed by atoms with E-state index in [4.69, 9.17) is 5.73 Å². The van der Waals surface area contributed by atoms with Gasteiger partial charge in [0.25, 0.3) is 0 Å². The first kappa shape index (κ1) is 21.1. The molecule has 1 aliphatic heterocycles. The number of nitrogens with zero attached hydrogens (tertiary/aromatic N) is 2. The van der Waals surface area contributed by atoms with Gasteiger partial charge >= 0.3 is 0 Å². The van der Waals surface area contributed by atoms with Crippen LogP contribution in [0.15, 0.2) is 29.6 Å². The number of benzene rings is 1. The number of carbonyl (C=O) groups excluding carboxylic acids is 1. The number of anilines is 1. The standard InChI is InChI=1S/C18H18F2N4OS.ClH/c19-14-6-11(9-21)17(8-15(14)20)24-4-3-12(10-24)23-16(18(22)25)7-13-2-1-5-26-13;/h1-2,5-6,8,12,16,23H,3-4,7,10H2,(H2,22,25);1H/t12-,16-;/m0./s1. The number of hydrogen-bond donors (Lipinski definition) is 2. The van der Waals surface area contributed by atoms with Crippen molar-refractivity contribution in [1.82, 2.24) is 5.32 Å². The van der Waals surface area contributed by atoms with Crippen LogP contribution in [0.1, 0.15) is 16.9 Å². The molecule has 1 amide bonds. The van der Waals surface area contributed by atoms with E-state index in [2.05, 4.69) is 5.32 Å². The Labute approximate surface area is 166 Å². The van der Waals surface area contributed by atoms with Crippen molar-refractivity contribution in [2.24, 2.45) is 5.73 Å². The van der Waals surface area contributed by atoms with E-state index in [0.29, 0.717) is 31.6 Å². The number of hydrogen-bond acceptors (Lipinski definition) is 5. The zero-order chi connectivity index (χ0) is 18.7. The molecule has 1 aromatic heterocycles. The van der Waals surface area contributed by atoms with Gasteiger partial charge in [-0.15, -0.1) is 23.7 Å². The first-order chi connectivity index (χ1) is 12.5. The number of thiophene rings is 1. The fraction of sp³-hybridized carbons (Fsp3) is 0.333. The summed E-state index contributed by atoms with van der Waals surface area (Å²) in [5, 5.41) is 14.4. The second-order valence-corrected chi connectivity index (χ2v) is 7.26. The molecule has 144 valence electrons. The Hall–Kier alpha value is -2.21. The summed E-state index contributed by atoms with van der Waals surface area (Å²) in [6.07, 6.45) is 1.22. The number of amides is 1. The lowest BCUT2D eigenvalue weighted by atomic mass is 10.1. The zero-order valence-electron chi connectivity index (χ0n) is 14.3. The van der Waals surface area contributed by atoms with Gasteiger partial charge in [-0.2, -0.15) is 5.26 Å². The van der Waals surface area contributed by atoms with Crippen LogP contribution in [0.4, 0.5) is 14.5 Å². The van der Waals surface area contributed by atoms with Gasteiger partial charge in [-0.05, 0) is 23.9 Å². The lowest BCUT2D eigenvalue weighted by Crippen LogP contribution is -2.48. The predicted molar refractivity (Wildman–Crippen MR) is 103 cm³/mol. The Morgan fingerprint density at radius 2 is 2.19 bits per heavy atom. The highest BCUT2D eigenvalue weighted by molar-refractivity contribution is 7.09. The summed E-state index contributed by atoms with van der Waals surface area (Å²) in [6, 6.07) is 7.19. The van der Waals surface area contributed by atoms with Gasteiger partial charge in [0.15, 0.2) is 11.6 Å². The average Bonchev–Trinajstić information content (AvgIpc) is 3.28. The second kappa shape index (κ2) is 9.13. The van der Waals surface area contributed by atoms with E-state index in [1.165, 1.54) is 0 Å². The van der Waals surface area contributed by atoms with Crippen LogP contribution in [-0.4, -0.2) is 31.1 Å². The van der Waals surface area contributed by atoms with Crippen molar-refractivity contribution in [3.63, 3.8) is 0 Å². The molecule has 1 saturated heterocycles. The number of carbonyl (C=O) groups is 1. The molecule has 0 spiro atoms. The largest absolute Gasteiger partial charge is 0.369 e. The summed E-state index contributed by atoms with van der Waals surface area (Å²) in [5.41, 5.74) is 5.97. The summed E-state index contributed by atoms with van der Waals surface area (Å²) in [5.74, 6) is -2.45. The minimum Gasteiger partial charge on any atom is -0.369 e. The van der Waals surface area contributed by atoms with Gasteiger partial charge < -0.3 is 16.0 Å². The molecule has 2 atom stereocenters. The lowest BCUT2D eigenvalue weighted by Gasteiger charge is -2.22. The lowest BCUT2D eigenvalue weighted by molar-refractivity contribution is -0.120. The maximum atomic E-state index is 13.6. The van der Waals surface area contributed by atoms with Crippen molar-refractivity contribution in [2.75, 3.05) is 18.0 Å². The van der Waals surface area contributed by atoms with Crippen LogP contribution >= 0.6 is 23.7 Å². The van der Waals surface area contributed by atoms with Crippen LogP contribution < -0.4 is 16.0 Å². The van der Waals surface area contributed by atoms with Gasteiger partial charge in [-0.1, -0.05) is 6.07 Å². The van der Waals surface area contributed by atoms with Crippen molar-refractivity contribution >= 4 is 35.3 Å². The van der Waals surface area contributed by atoms with Gasteiger partial charge in [0.05, 0.1) is 17.3 Å². The van der Waals surface area contributed by atoms with Crippen LogP contribution in [-0.2, 0) is 11.2 Å². The molecule has 0 radical (unpaired) electrons. The first-order valence-electron chi connectivity index (χ1n) is 8.19. The third-order valence-corrected chi connectivity index (χ3v) is 5.35. The molecule has 5 nitrogen and oxygen atoms in total. The third kappa shape index (κ3) is 4.95. The summed E-state index contributed by atoms with van der Waals surface area (Å²) < 4.78 is 26.9. The first-order valence-corrected chi connectivity index (χ1v) is 9.07. The molecule has 0 aliphatic carbocycles. The van der Waals surface area contributed by atoms with Gasteiger partial charge in [0, 0.05) is 36.5 Å². The molecular weight excluding hydrogens is 394 g/mol.